The number of nitrogens with two attached hydrogens (primary N) is 1. The lowest BCUT2D eigenvalue weighted by molar-refractivity contribution is 0.306. The molecule has 0 aliphatic heterocycles. The molecule has 194 valence electrons. The van der Waals surface area contributed by atoms with Crippen molar-refractivity contribution >= 4 is 65.3 Å². The Labute approximate surface area is 235 Å². The fourth-order valence-electron chi connectivity index (χ4n) is 4.40. The molecule has 1 heterocycles. The predicted molar refractivity (Wildman–Crippen MR) is 159 cm³/mol. The molecular formula is C29H31Cl3N4O. The number of aromatic nitrogens is 2. The van der Waals surface area contributed by atoms with Crippen molar-refractivity contribution in [2.75, 3.05) is 5.32 Å². The number of anilines is 1. The van der Waals surface area contributed by atoms with Crippen LogP contribution >= 0.6 is 36.4 Å². The van der Waals surface area contributed by atoms with Gasteiger partial charge in [0.25, 0.3) is 0 Å². The van der Waals surface area contributed by atoms with Gasteiger partial charge >= 0.3 is 0 Å². The number of rotatable bonds is 7. The van der Waals surface area contributed by atoms with Crippen molar-refractivity contribution in [3.8, 4) is 5.75 Å². The van der Waals surface area contributed by atoms with Crippen LogP contribution in [0.4, 0.5) is 5.82 Å². The van der Waals surface area contributed by atoms with E-state index in [1.54, 1.807) is 0 Å². The van der Waals surface area contributed by atoms with Crippen LogP contribution < -0.4 is 15.8 Å². The summed E-state index contributed by atoms with van der Waals surface area (Å²) in [5, 5.41) is 5.28. The van der Waals surface area contributed by atoms with Crippen molar-refractivity contribution in [2.45, 2.75) is 44.4 Å². The number of hydrogen-bond donors (Lipinski definition) is 2. The highest BCUT2D eigenvalue weighted by Crippen LogP contribution is 2.29. The van der Waals surface area contributed by atoms with Crippen molar-refractivity contribution in [3.05, 3.63) is 94.8 Å². The Balaban J connectivity index is 0.00000190. The van der Waals surface area contributed by atoms with E-state index in [1.807, 2.05) is 72.8 Å². The topological polar surface area (TPSA) is 73.1 Å². The van der Waals surface area contributed by atoms with Crippen molar-refractivity contribution in [3.63, 3.8) is 0 Å². The fourth-order valence-corrected chi connectivity index (χ4v) is 4.53. The van der Waals surface area contributed by atoms with Crippen LogP contribution in [0.25, 0.3) is 23.1 Å². The van der Waals surface area contributed by atoms with Gasteiger partial charge in [-0.2, -0.15) is 0 Å². The molecule has 5 rings (SSSR count). The highest BCUT2D eigenvalue weighted by atomic mass is 35.5. The maximum atomic E-state index is 6.44. The number of benzene rings is 3. The first kappa shape index (κ1) is 28.7. The molecule has 2 atom stereocenters. The van der Waals surface area contributed by atoms with Crippen molar-refractivity contribution in [1.82, 2.24) is 9.97 Å². The lowest BCUT2D eigenvalue weighted by atomic mass is 9.91. The molecule has 3 N–H and O–H groups in total. The van der Waals surface area contributed by atoms with E-state index >= 15 is 0 Å². The van der Waals surface area contributed by atoms with Gasteiger partial charge in [0.2, 0.25) is 0 Å². The molecule has 2 unspecified atom stereocenters. The molecule has 1 aliphatic rings. The molecule has 1 aromatic heterocycles. The van der Waals surface area contributed by atoms with Gasteiger partial charge in [-0.1, -0.05) is 73.0 Å². The van der Waals surface area contributed by atoms with Crippen LogP contribution in [0.1, 0.15) is 42.6 Å². The van der Waals surface area contributed by atoms with E-state index in [1.165, 1.54) is 12.8 Å². The van der Waals surface area contributed by atoms with Crippen LogP contribution in [-0.4, -0.2) is 22.1 Å². The minimum atomic E-state index is 0. The molecule has 4 aromatic rings. The SMILES string of the molecule is Cl.Cl.NC1CCCCC1Nc1nc(/C=C\c2ccc(Cl)cc2)nc2ccc(OCc3ccccc3)cc12. The quantitative estimate of drug-likeness (QED) is 0.245. The molecule has 3 aromatic carbocycles. The number of nitrogens with one attached hydrogen (secondary N) is 1. The zero-order chi connectivity index (χ0) is 24.0. The average Bonchev–Trinajstić information content (AvgIpc) is 2.89. The van der Waals surface area contributed by atoms with Crippen LogP contribution in [-0.2, 0) is 6.61 Å². The van der Waals surface area contributed by atoms with Gasteiger partial charge in [-0.3, -0.25) is 0 Å². The molecule has 5 nitrogen and oxygen atoms in total. The van der Waals surface area contributed by atoms with Gasteiger partial charge < -0.3 is 15.8 Å². The third kappa shape index (κ3) is 7.59. The van der Waals surface area contributed by atoms with E-state index < -0.39 is 0 Å². The zero-order valence-corrected chi connectivity index (χ0v) is 22.7. The molecule has 0 spiro atoms. The molecule has 8 heteroatoms. The maximum Gasteiger partial charge on any atom is 0.154 e. The summed E-state index contributed by atoms with van der Waals surface area (Å²) in [4.78, 5) is 9.66. The van der Waals surface area contributed by atoms with Gasteiger partial charge in [-0.25, -0.2) is 9.97 Å². The molecule has 1 aliphatic carbocycles. The molecule has 0 bridgehead atoms. The van der Waals surface area contributed by atoms with Gasteiger partial charge in [-0.15, -0.1) is 24.8 Å². The number of nitrogens with zero attached hydrogens (tertiary/aromatic N) is 2. The Hall–Kier alpha value is -2.83. The van der Waals surface area contributed by atoms with E-state index in [4.69, 9.17) is 32.0 Å². The smallest absolute Gasteiger partial charge is 0.154 e. The van der Waals surface area contributed by atoms with E-state index in [0.717, 1.165) is 46.4 Å². The summed E-state index contributed by atoms with van der Waals surface area (Å²) >= 11 is 6.01. The minimum Gasteiger partial charge on any atom is -0.489 e. The van der Waals surface area contributed by atoms with Crippen molar-refractivity contribution in [1.29, 1.82) is 0 Å². The van der Waals surface area contributed by atoms with Crippen molar-refractivity contribution in [2.24, 2.45) is 5.73 Å². The molecule has 37 heavy (non-hydrogen) atoms. The van der Waals surface area contributed by atoms with Crippen LogP contribution in [0.15, 0.2) is 72.8 Å². The summed E-state index contributed by atoms with van der Waals surface area (Å²) in [6, 6.07) is 24.1. The predicted octanol–water partition coefficient (Wildman–Crippen LogP) is 7.56. The second-order valence-corrected chi connectivity index (χ2v) is 9.40. The lowest BCUT2D eigenvalue weighted by Crippen LogP contribution is -2.42. The lowest BCUT2D eigenvalue weighted by Gasteiger charge is -2.30. The van der Waals surface area contributed by atoms with Gasteiger partial charge in [0.05, 0.1) is 5.52 Å². The van der Waals surface area contributed by atoms with Crippen LogP contribution in [0.2, 0.25) is 5.02 Å². The third-order valence-electron chi connectivity index (χ3n) is 6.37. The van der Waals surface area contributed by atoms with E-state index in [0.29, 0.717) is 17.5 Å². The highest BCUT2D eigenvalue weighted by molar-refractivity contribution is 6.30. The number of ether oxygens (including phenoxy) is 1. The summed E-state index contributed by atoms with van der Waals surface area (Å²) in [5.74, 6) is 2.21. The fraction of sp³-hybridized carbons (Fsp3) is 0.241. The summed E-state index contributed by atoms with van der Waals surface area (Å²) in [6.07, 6.45) is 8.32. The summed E-state index contributed by atoms with van der Waals surface area (Å²) in [5.41, 5.74) is 9.46. The summed E-state index contributed by atoms with van der Waals surface area (Å²) < 4.78 is 6.08. The Morgan fingerprint density at radius 2 is 1.68 bits per heavy atom. The largest absolute Gasteiger partial charge is 0.489 e. The van der Waals surface area contributed by atoms with E-state index in [9.17, 15) is 0 Å². The molecule has 0 saturated heterocycles. The van der Waals surface area contributed by atoms with Gasteiger partial charge in [0.1, 0.15) is 18.2 Å². The van der Waals surface area contributed by atoms with Crippen LogP contribution in [0.5, 0.6) is 5.75 Å². The van der Waals surface area contributed by atoms with E-state index in [2.05, 4.69) is 17.4 Å². The van der Waals surface area contributed by atoms with Gasteiger partial charge in [0.15, 0.2) is 5.82 Å². The highest BCUT2D eigenvalue weighted by Gasteiger charge is 2.23. The molecule has 1 saturated carbocycles. The Kier molecular flexibility index (Phi) is 10.6. The number of halogens is 3. The first-order chi connectivity index (χ1) is 17.1. The zero-order valence-electron chi connectivity index (χ0n) is 20.3. The number of hydrogen-bond acceptors (Lipinski definition) is 5. The first-order valence-corrected chi connectivity index (χ1v) is 12.5. The molecule has 0 radical (unpaired) electrons. The summed E-state index contributed by atoms with van der Waals surface area (Å²) in [7, 11) is 0. The van der Waals surface area contributed by atoms with Gasteiger partial charge in [-0.05, 0) is 60.4 Å². The molecule has 0 amide bonds. The van der Waals surface area contributed by atoms with E-state index in [-0.39, 0.29) is 36.9 Å². The Bertz CT molecular complexity index is 1320. The van der Waals surface area contributed by atoms with Crippen molar-refractivity contribution < 1.29 is 4.74 Å². The third-order valence-corrected chi connectivity index (χ3v) is 6.62. The standard InChI is InChI=1S/C29H29ClN4O.2ClH/c30-22-13-10-20(11-14-22)12-17-28-32-26-16-15-23(35-19-21-6-2-1-3-7-21)18-24(26)29(34-28)33-27-9-5-4-8-25(27)31;;/h1-3,6-7,10-18,25,27H,4-5,8-9,19,31H2,(H,32,33,34);2*1H/b17-12-;;. The second kappa shape index (κ2) is 13.6. The molecule has 1 fully saturated rings. The Morgan fingerprint density at radius 1 is 0.919 bits per heavy atom. The number of fused-ring (bicyclic) bond motifs is 1. The van der Waals surface area contributed by atoms with Crippen LogP contribution in [0.3, 0.4) is 0 Å². The van der Waals surface area contributed by atoms with Gasteiger partial charge in [0, 0.05) is 22.5 Å². The Morgan fingerprint density at radius 3 is 2.43 bits per heavy atom. The maximum absolute atomic E-state index is 6.44. The monoisotopic (exact) mass is 556 g/mol. The average molecular weight is 558 g/mol. The second-order valence-electron chi connectivity index (χ2n) is 8.97. The molecular weight excluding hydrogens is 527 g/mol. The first-order valence-electron chi connectivity index (χ1n) is 12.1. The summed E-state index contributed by atoms with van der Waals surface area (Å²) in [6.45, 7) is 0.505. The normalized spacial score (nSPS) is 17.1. The minimum absolute atomic E-state index is 0. The van der Waals surface area contributed by atoms with Crippen LogP contribution in [0, 0.1) is 0 Å².